The van der Waals surface area contributed by atoms with Gasteiger partial charge in [0.05, 0.1) is 30.4 Å². The van der Waals surface area contributed by atoms with Gasteiger partial charge in [0.15, 0.2) is 5.82 Å². The van der Waals surface area contributed by atoms with E-state index in [2.05, 4.69) is 32.7 Å². The molecule has 5 atom stereocenters. The summed E-state index contributed by atoms with van der Waals surface area (Å²) in [6.07, 6.45) is 7.06. The van der Waals surface area contributed by atoms with Crippen molar-refractivity contribution in [3.8, 4) is 17.3 Å². The molecule has 4 aromatic rings. The second kappa shape index (κ2) is 8.68. The van der Waals surface area contributed by atoms with Crippen LogP contribution in [0.1, 0.15) is 29.6 Å². The van der Waals surface area contributed by atoms with Crippen LogP contribution in [-0.4, -0.2) is 73.4 Å². The highest BCUT2D eigenvalue weighted by molar-refractivity contribution is 6.01. The zero-order valence-electron chi connectivity index (χ0n) is 23.7. The van der Waals surface area contributed by atoms with Gasteiger partial charge >= 0.3 is 0 Å². The molecule has 1 saturated heterocycles. The van der Waals surface area contributed by atoms with Crippen molar-refractivity contribution in [1.29, 1.82) is 5.41 Å². The van der Waals surface area contributed by atoms with E-state index in [-0.39, 0.29) is 18.0 Å². The number of nitrogens with one attached hydrogen (secondary N) is 1. The van der Waals surface area contributed by atoms with Crippen molar-refractivity contribution in [3.63, 3.8) is 0 Å². The molecule has 1 amide bonds. The number of hydrogen-bond acceptors (Lipinski definition) is 5. The summed E-state index contributed by atoms with van der Waals surface area (Å²) >= 11 is 0. The molecule has 1 aliphatic heterocycles. The largest absolute Gasteiger partial charge is 0.494 e. The normalized spacial score (nSPS) is 26.0. The van der Waals surface area contributed by atoms with Crippen LogP contribution in [0.2, 0.25) is 0 Å². The molecular weight excluding hydrogens is 514 g/mol. The van der Waals surface area contributed by atoms with Gasteiger partial charge in [0.2, 0.25) is 0 Å². The Morgan fingerprint density at radius 2 is 2.12 bits per heavy atom. The quantitative estimate of drug-likeness (QED) is 0.270. The van der Waals surface area contributed by atoms with Gasteiger partial charge in [-0.3, -0.25) is 10.2 Å². The van der Waals surface area contributed by atoms with Crippen LogP contribution in [0, 0.1) is 29.1 Å². The lowest BCUT2D eigenvalue weighted by atomic mass is 9.50. The number of likely N-dealkylation sites (N-methyl/N-ethyl adjacent to an activating group) is 1. The number of rotatable bonds is 7. The topological polar surface area (TPSA) is 92.3 Å². The lowest BCUT2D eigenvalue weighted by Crippen LogP contribution is -2.70. The molecule has 4 fully saturated rings. The van der Waals surface area contributed by atoms with Crippen molar-refractivity contribution in [2.45, 2.75) is 37.9 Å². The fourth-order valence-electron chi connectivity index (χ4n) is 8.05. The van der Waals surface area contributed by atoms with Crippen LogP contribution in [0.3, 0.4) is 0 Å². The lowest BCUT2D eigenvalue weighted by Gasteiger charge is -2.61. The fourth-order valence-corrected chi connectivity index (χ4v) is 8.05. The number of nitrogens with zero attached hydrogens (tertiary/aromatic N) is 6. The molecule has 9 nitrogen and oxygen atoms in total. The summed E-state index contributed by atoms with van der Waals surface area (Å²) < 4.78 is 10.3. The molecule has 1 aromatic carbocycles. The van der Waals surface area contributed by atoms with Crippen LogP contribution >= 0.6 is 0 Å². The molecule has 3 saturated carbocycles. The molecule has 0 radical (unpaired) electrons. The number of methoxy groups -OCH3 is 1. The lowest BCUT2D eigenvalue weighted by molar-refractivity contribution is -0.0882. The summed E-state index contributed by atoms with van der Waals surface area (Å²) in [5, 5.41) is 9.41. The maximum atomic E-state index is 14.1. The van der Waals surface area contributed by atoms with Gasteiger partial charge in [0.1, 0.15) is 22.7 Å². The van der Waals surface area contributed by atoms with Gasteiger partial charge in [0.25, 0.3) is 5.91 Å². The molecule has 3 aliphatic carbocycles. The van der Waals surface area contributed by atoms with Crippen molar-refractivity contribution in [2.75, 3.05) is 20.7 Å². The molecule has 0 spiro atoms. The van der Waals surface area contributed by atoms with Crippen LogP contribution in [0.5, 0.6) is 5.75 Å². The number of amides is 1. The number of ether oxygens (including phenoxy) is 1. The number of pyridine rings is 1. The van der Waals surface area contributed by atoms with Crippen molar-refractivity contribution in [1.82, 2.24) is 28.9 Å². The monoisotopic (exact) mass is 549 g/mol. The predicted octanol–water partition coefficient (Wildman–Crippen LogP) is 4.56. The Labute approximate surface area is 238 Å². The van der Waals surface area contributed by atoms with Crippen molar-refractivity contribution in [2.24, 2.45) is 30.7 Å². The summed E-state index contributed by atoms with van der Waals surface area (Å²) in [6, 6.07) is 10.3. The van der Waals surface area contributed by atoms with E-state index in [1.165, 1.54) is 12.8 Å². The number of imidazole rings is 1. The summed E-state index contributed by atoms with van der Waals surface area (Å²) in [5.74, 6) is 4.25. The summed E-state index contributed by atoms with van der Waals surface area (Å²) in [6.45, 7) is 5.49. The molecule has 41 heavy (non-hydrogen) atoms. The highest BCUT2D eigenvalue weighted by Gasteiger charge is 2.68. The maximum Gasteiger partial charge on any atom is 0.254 e. The first-order valence-corrected chi connectivity index (χ1v) is 14.6. The summed E-state index contributed by atoms with van der Waals surface area (Å²) in [4.78, 5) is 28.0. The van der Waals surface area contributed by atoms with Crippen LogP contribution < -0.4 is 4.74 Å². The van der Waals surface area contributed by atoms with E-state index < -0.39 is 0 Å². The Morgan fingerprint density at radius 3 is 2.88 bits per heavy atom. The number of aryl methyl sites for hydroxylation is 1. The molecule has 0 bridgehead atoms. The van der Waals surface area contributed by atoms with E-state index in [9.17, 15) is 4.79 Å². The first-order valence-electron chi connectivity index (χ1n) is 14.6. The van der Waals surface area contributed by atoms with Crippen LogP contribution in [0.4, 0.5) is 0 Å². The highest BCUT2D eigenvalue weighted by Crippen LogP contribution is 2.62. The molecule has 210 valence electrons. The Balaban J connectivity index is 1.19. The molecule has 1 N–H and O–H groups in total. The van der Waals surface area contributed by atoms with Crippen molar-refractivity contribution < 1.29 is 9.53 Å². The number of likely N-dealkylation sites (tertiary alicyclic amines) is 1. The Morgan fingerprint density at radius 1 is 1.29 bits per heavy atom. The van der Waals surface area contributed by atoms with E-state index >= 15 is 0 Å². The van der Waals surface area contributed by atoms with Gasteiger partial charge < -0.3 is 23.7 Å². The Bertz CT molecular complexity index is 1760. The highest BCUT2D eigenvalue weighted by atomic mass is 16.5. The molecule has 4 aliphatic rings. The van der Waals surface area contributed by atoms with Gasteiger partial charge in [-0.1, -0.05) is 6.58 Å². The van der Waals surface area contributed by atoms with Crippen molar-refractivity contribution in [3.05, 3.63) is 54.7 Å². The third-order valence-electron chi connectivity index (χ3n) is 10.3. The molecule has 4 heterocycles. The molecular formula is C32H35N7O2. The Kier molecular flexibility index (Phi) is 5.22. The third kappa shape index (κ3) is 3.41. The molecule has 1 unspecified atom stereocenters. The molecule has 9 heteroatoms. The number of fused-ring (bicyclic) bond motifs is 2. The number of aromatic nitrogens is 4. The second-order valence-corrected chi connectivity index (χ2v) is 12.4. The van der Waals surface area contributed by atoms with Gasteiger partial charge in [-0.15, -0.1) is 0 Å². The zero-order valence-corrected chi connectivity index (χ0v) is 23.7. The second-order valence-electron chi connectivity index (χ2n) is 12.4. The maximum absolute atomic E-state index is 14.1. The predicted molar refractivity (Wildman–Crippen MR) is 158 cm³/mol. The smallest absolute Gasteiger partial charge is 0.254 e. The number of amidine groups is 1. The van der Waals surface area contributed by atoms with Crippen LogP contribution in [0.15, 0.2) is 49.2 Å². The minimum absolute atomic E-state index is 0.0193. The molecule has 3 aromatic heterocycles. The minimum atomic E-state index is 0.0193. The zero-order chi connectivity index (χ0) is 28.2. The van der Waals surface area contributed by atoms with Crippen LogP contribution in [0.25, 0.3) is 33.6 Å². The van der Waals surface area contributed by atoms with Gasteiger partial charge in [-0.05, 0) is 79.3 Å². The number of benzene rings is 1. The standard InChI is InChI=1S/C32H35N7O2/c1-5-25(33)36(2)27-21-11-20-16-39(29(27)26(20)21)32(40)19-12-22-28(24(14-19)41-4)37(3)31(35-22)23-13-18-7-6-10-34-30(18)38(23)15-17-8-9-17/h5-7,10,12-14,17,20-21,26-27,29,33H,1,8-9,11,15-16H2,2-4H3/t20-,21?,26+,27-,29+/m1/s1. The molecule has 8 rings (SSSR count). The van der Waals surface area contributed by atoms with Gasteiger partial charge in [0, 0.05) is 44.3 Å². The number of carbonyl (C=O) groups excluding carboxylic acids is 1. The van der Waals surface area contributed by atoms with Gasteiger partial charge in [-0.25, -0.2) is 9.97 Å². The summed E-state index contributed by atoms with van der Waals surface area (Å²) in [5.41, 5.74) is 4.24. The average Bonchev–Trinajstić information content (AvgIpc) is 3.62. The number of carbonyl (C=O) groups is 1. The first-order chi connectivity index (χ1) is 19.9. The Hall–Kier alpha value is -4.14. The van der Waals surface area contributed by atoms with Crippen molar-refractivity contribution >= 4 is 33.8 Å². The van der Waals surface area contributed by atoms with E-state index in [1.54, 1.807) is 13.2 Å². The van der Waals surface area contributed by atoms with E-state index in [0.29, 0.717) is 40.8 Å². The van der Waals surface area contributed by atoms with Gasteiger partial charge in [-0.2, -0.15) is 0 Å². The number of hydrogen-bond donors (Lipinski definition) is 1. The SMILES string of the molecule is C=CC(=N)N(C)[C@@H]1C2C[C@@H]3CN(C(=O)c4cc(OC)c5c(c4)nc(-c4cc6cccnc6n4CC4CC4)n5C)[C@H]1[C@H]23. The summed E-state index contributed by atoms with van der Waals surface area (Å²) in [7, 11) is 5.63. The average molecular weight is 550 g/mol. The minimum Gasteiger partial charge on any atom is -0.494 e. The van der Waals surface area contributed by atoms with E-state index in [0.717, 1.165) is 53.1 Å². The first kappa shape index (κ1) is 24.6. The fraction of sp³-hybridized carbons (Fsp3) is 0.438. The van der Waals surface area contributed by atoms with Crippen LogP contribution in [-0.2, 0) is 13.6 Å². The van der Waals surface area contributed by atoms with E-state index in [1.807, 2.05) is 43.4 Å². The van der Waals surface area contributed by atoms with E-state index in [4.69, 9.17) is 20.1 Å². The third-order valence-corrected chi connectivity index (χ3v) is 10.3.